The Kier molecular flexibility index (Phi) is 3.08. The predicted molar refractivity (Wildman–Crippen MR) is 59.7 cm³/mol. The molecule has 0 N–H and O–H groups in total. The molecule has 0 aliphatic rings. The number of hydrogen-bond donors (Lipinski definition) is 0. The molecule has 0 aliphatic carbocycles. The molecule has 0 atom stereocenters. The summed E-state index contributed by atoms with van der Waals surface area (Å²) in [6, 6.07) is 6.72. The molecule has 0 aliphatic heterocycles. The van der Waals surface area contributed by atoms with Gasteiger partial charge < -0.3 is 0 Å². The topological polar surface area (TPSA) is 0 Å². The first kappa shape index (κ1) is 9.30. The average Bonchev–Trinajstić information content (AvgIpc) is 2.71. The molecule has 0 saturated heterocycles. The van der Waals surface area contributed by atoms with Crippen LogP contribution < -0.4 is 0 Å². The zero-order valence-corrected chi connectivity index (χ0v) is 10.6. The molecule has 66 valence electrons. The van der Waals surface area contributed by atoms with Gasteiger partial charge in [-0.1, -0.05) is 0 Å². The fourth-order valence-corrected chi connectivity index (χ4v) is 5.59. The van der Waals surface area contributed by atoms with Crippen molar-refractivity contribution in [1.29, 1.82) is 0 Å². The van der Waals surface area contributed by atoms with Crippen LogP contribution in [0.25, 0.3) is 8.87 Å². The normalized spacial score (nSPS) is 10.2. The van der Waals surface area contributed by atoms with Crippen molar-refractivity contribution in [2.45, 2.75) is 6.42 Å². The van der Waals surface area contributed by atoms with E-state index in [2.05, 4.69) is 34.7 Å². The van der Waals surface area contributed by atoms with Crippen LogP contribution in [0.15, 0.2) is 40.7 Å². The van der Waals surface area contributed by atoms with Crippen LogP contribution in [-0.2, 0) is 6.42 Å². The summed E-state index contributed by atoms with van der Waals surface area (Å²) in [5.41, 5.74) is 1.49. The number of hydrogen-bond acceptors (Lipinski definition) is 0. The van der Waals surface area contributed by atoms with Gasteiger partial charge >= 0.3 is 90.6 Å². The number of rotatable bonds is 3. The van der Waals surface area contributed by atoms with Gasteiger partial charge in [0.1, 0.15) is 0 Å². The van der Waals surface area contributed by atoms with Gasteiger partial charge in [-0.05, 0) is 0 Å². The third-order valence-corrected chi connectivity index (χ3v) is 6.45. The maximum absolute atomic E-state index is 3.79. The van der Waals surface area contributed by atoms with Gasteiger partial charge in [-0.2, -0.15) is 0 Å². The molecule has 0 amide bonds. The molecule has 2 aromatic heterocycles. The van der Waals surface area contributed by atoms with E-state index in [-0.39, 0.29) is 0 Å². The fraction of sp³-hybridized carbons (Fsp3) is 0.0909. The van der Waals surface area contributed by atoms with E-state index in [0.717, 1.165) is 6.42 Å². The Morgan fingerprint density at radius 1 is 1.23 bits per heavy atom. The van der Waals surface area contributed by atoms with Gasteiger partial charge in [0.05, 0.1) is 0 Å². The van der Waals surface area contributed by atoms with E-state index >= 15 is 0 Å². The molecule has 0 radical (unpaired) electrons. The van der Waals surface area contributed by atoms with Crippen molar-refractivity contribution in [3.63, 3.8) is 0 Å². The SMILES string of the molecule is C=CCc1cc[se]c1-c1ccc[se]1. The van der Waals surface area contributed by atoms with Crippen LogP contribution in [0.5, 0.6) is 0 Å². The Morgan fingerprint density at radius 3 is 2.85 bits per heavy atom. The van der Waals surface area contributed by atoms with Crippen molar-refractivity contribution >= 4 is 29.0 Å². The average molecular weight is 300 g/mol. The van der Waals surface area contributed by atoms with Crippen molar-refractivity contribution in [3.8, 4) is 8.87 Å². The van der Waals surface area contributed by atoms with Crippen molar-refractivity contribution in [3.05, 3.63) is 46.3 Å². The Balaban J connectivity index is 2.40. The number of allylic oxidation sites excluding steroid dienone is 1. The second-order valence-corrected chi connectivity index (χ2v) is 6.66. The summed E-state index contributed by atoms with van der Waals surface area (Å²) in [6.45, 7) is 3.79. The van der Waals surface area contributed by atoms with Crippen LogP contribution in [0.3, 0.4) is 0 Å². The second-order valence-electron chi connectivity index (χ2n) is 2.75. The maximum atomic E-state index is 3.79. The zero-order valence-electron chi connectivity index (χ0n) is 7.19. The molecule has 0 fully saturated rings. The minimum atomic E-state index is 0.581. The molecule has 13 heavy (non-hydrogen) atoms. The first-order valence-electron chi connectivity index (χ1n) is 4.13. The van der Waals surface area contributed by atoms with E-state index in [1.165, 1.54) is 5.56 Å². The Labute approximate surface area is 90.4 Å². The summed E-state index contributed by atoms with van der Waals surface area (Å²) in [6.07, 6.45) is 3.03. The van der Waals surface area contributed by atoms with Crippen LogP contribution >= 0.6 is 0 Å². The van der Waals surface area contributed by atoms with E-state index < -0.39 is 0 Å². The summed E-state index contributed by atoms with van der Waals surface area (Å²) >= 11 is 1.17. The van der Waals surface area contributed by atoms with Gasteiger partial charge in [-0.15, -0.1) is 0 Å². The third-order valence-electron chi connectivity index (χ3n) is 1.86. The van der Waals surface area contributed by atoms with Crippen molar-refractivity contribution < 1.29 is 0 Å². The van der Waals surface area contributed by atoms with Gasteiger partial charge in [0, 0.05) is 0 Å². The van der Waals surface area contributed by atoms with E-state index in [1.807, 2.05) is 6.08 Å². The predicted octanol–water partition coefficient (Wildman–Crippen LogP) is 2.20. The second kappa shape index (κ2) is 4.30. The molecule has 2 rings (SSSR count). The minimum absolute atomic E-state index is 0.581. The molecule has 0 spiro atoms. The van der Waals surface area contributed by atoms with Gasteiger partial charge in [-0.25, -0.2) is 0 Å². The van der Waals surface area contributed by atoms with Crippen LogP contribution in [0.2, 0.25) is 0 Å². The van der Waals surface area contributed by atoms with Crippen LogP contribution in [0, 0.1) is 0 Å². The molecule has 0 nitrogen and oxygen atoms in total. The van der Waals surface area contributed by atoms with Gasteiger partial charge in [-0.3, -0.25) is 0 Å². The molecule has 0 bridgehead atoms. The monoisotopic (exact) mass is 302 g/mol. The first-order valence-corrected chi connectivity index (χ1v) is 7.82. The van der Waals surface area contributed by atoms with Crippen LogP contribution in [0.1, 0.15) is 5.56 Å². The zero-order chi connectivity index (χ0) is 9.10. The van der Waals surface area contributed by atoms with Crippen molar-refractivity contribution in [2.75, 3.05) is 0 Å². The van der Waals surface area contributed by atoms with Crippen LogP contribution in [0.4, 0.5) is 0 Å². The van der Waals surface area contributed by atoms with Crippen LogP contribution in [-0.4, -0.2) is 29.0 Å². The van der Waals surface area contributed by atoms with Gasteiger partial charge in [0.2, 0.25) is 0 Å². The summed E-state index contributed by atoms with van der Waals surface area (Å²) in [5.74, 6) is 0. The molecule has 2 heteroatoms. The molecule has 0 saturated carbocycles. The summed E-state index contributed by atoms with van der Waals surface area (Å²) < 4.78 is 3.19. The molecule has 0 unspecified atom stereocenters. The summed E-state index contributed by atoms with van der Waals surface area (Å²) in [4.78, 5) is 4.60. The van der Waals surface area contributed by atoms with Gasteiger partial charge in [0.15, 0.2) is 0 Å². The quantitative estimate of drug-likeness (QED) is 0.602. The third kappa shape index (κ3) is 1.98. The summed E-state index contributed by atoms with van der Waals surface area (Å²) in [7, 11) is 0. The van der Waals surface area contributed by atoms with E-state index in [9.17, 15) is 0 Å². The van der Waals surface area contributed by atoms with Crippen molar-refractivity contribution in [1.82, 2.24) is 0 Å². The first-order chi connectivity index (χ1) is 6.42. The van der Waals surface area contributed by atoms with E-state index in [4.69, 9.17) is 0 Å². The Hall–Kier alpha value is -0.261. The van der Waals surface area contributed by atoms with E-state index in [0.29, 0.717) is 29.0 Å². The standard InChI is InChI=1S/C11H10Se2/c1-2-4-9-6-8-13-11(9)10-5-3-7-12-10/h2-3,5-8H,1,4H2. The van der Waals surface area contributed by atoms with Crippen molar-refractivity contribution in [2.24, 2.45) is 0 Å². The van der Waals surface area contributed by atoms with E-state index in [1.54, 1.807) is 8.87 Å². The molecular weight excluding hydrogens is 290 g/mol. The molecule has 2 aromatic rings. The Bertz CT molecular complexity index is 382. The Morgan fingerprint density at radius 2 is 2.15 bits per heavy atom. The van der Waals surface area contributed by atoms with Gasteiger partial charge in [0.25, 0.3) is 0 Å². The molecule has 0 aromatic carbocycles. The summed E-state index contributed by atoms with van der Waals surface area (Å²) in [5, 5.41) is 0. The molecular formula is C11H10Se2. The molecule has 2 heterocycles. The fourth-order valence-electron chi connectivity index (χ4n) is 1.28.